The Bertz CT molecular complexity index is 803. The number of ether oxygens (including phenoxy) is 1. The van der Waals surface area contributed by atoms with Gasteiger partial charge in [0.25, 0.3) is 11.5 Å². The van der Waals surface area contributed by atoms with E-state index in [9.17, 15) is 18.4 Å². The molecular weight excluding hydrogens is 320 g/mol. The molecule has 1 N–H and O–H groups in total. The van der Waals surface area contributed by atoms with E-state index in [-0.39, 0.29) is 17.9 Å². The third kappa shape index (κ3) is 5.01. The number of alkyl halides is 2. The van der Waals surface area contributed by atoms with Gasteiger partial charge in [0.1, 0.15) is 12.3 Å². The first kappa shape index (κ1) is 17.3. The van der Waals surface area contributed by atoms with Crippen LogP contribution in [-0.2, 0) is 11.3 Å². The number of benzene rings is 1. The van der Waals surface area contributed by atoms with Gasteiger partial charge in [0.2, 0.25) is 0 Å². The van der Waals surface area contributed by atoms with Crippen LogP contribution >= 0.6 is 0 Å². The quantitative estimate of drug-likeness (QED) is 0.648. The molecule has 0 radical (unpaired) electrons. The molecule has 2 rings (SSSR count). The number of halogens is 2. The normalized spacial score (nSPS) is 11.4. The Balaban J connectivity index is 2.02. The zero-order chi connectivity index (χ0) is 17.5. The van der Waals surface area contributed by atoms with Crippen LogP contribution in [0.15, 0.2) is 58.6 Å². The molecule has 24 heavy (non-hydrogen) atoms. The molecular formula is C16H15F2N3O3. The summed E-state index contributed by atoms with van der Waals surface area (Å²) in [5, 5.41) is 3.90. The van der Waals surface area contributed by atoms with Gasteiger partial charge in [-0.2, -0.15) is 13.9 Å². The lowest BCUT2D eigenvalue weighted by Gasteiger charge is -2.07. The number of hydrogen-bond donors (Lipinski definition) is 1. The number of aromatic nitrogens is 1. The minimum Gasteiger partial charge on any atom is -0.435 e. The Morgan fingerprint density at radius 3 is 2.79 bits per heavy atom. The van der Waals surface area contributed by atoms with Crippen molar-refractivity contribution in [2.75, 3.05) is 0 Å². The molecule has 0 aliphatic carbocycles. The van der Waals surface area contributed by atoms with Gasteiger partial charge < -0.3 is 9.30 Å². The summed E-state index contributed by atoms with van der Waals surface area (Å²) in [5.41, 5.74) is 2.94. The van der Waals surface area contributed by atoms with E-state index in [0.29, 0.717) is 11.3 Å². The summed E-state index contributed by atoms with van der Waals surface area (Å²) in [6.07, 6.45) is 1.49. The summed E-state index contributed by atoms with van der Waals surface area (Å²) in [6, 6.07) is 10.5. The van der Waals surface area contributed by atoms with Crippen LogP contribution in [-0.4, -0.2) is 22.8 Å². The highest BCUT2D eigenvalue weighted by Crippen LogP contribution is 2.16. The van der Waals surface area contributed by atoms with Crippen LogP contribution in [0.25, 0.3) is 0 Å². The first-order valence-electron chi connectivity index (χ1n) is 6.99. The van der Waals surface area contributed by atoms with Crippen LogP contribution in [0.2, 0.25) is 0 Å². The zero-order valence-electron chi connectivity index (χ0n) is 12.8. The molecule has 0 aliphatic heterocycles. The van der Waals surface area contributed by atoms with Crippen molar-refractivity contribution in [1.29, 1.82) is 0 Å². The monoisotopic (exact) mass is 335 g/mol. The first-order valence-corrected chi connectivity index (χ1v) is 6.99. The highest BCUT2D eigenvalue weighted by Gasteiger charge is 2.07. The molecule has 0 unspecified atom stereocenters. The van der Waals surface area contributed by atoms with Crippen LogP contribution in [0, 0.1) is 0 Å². The highest BCUT2D eigenvalue weighted by atomic mass is 19.3. The fourth-order valence-corrected chi connectivity index (χ4v) is 1.89. The number of carbonyl (C=O) groups is 1. The summed E-state index contributed by atoms with van der Waals surface area (Å²) in [6.45, 7) is -1.48. The van der Waals surface area contributed by atoms with E-state index < -0.39 is 12.5 Å². The van der Waals surface area contributed by atoms with Gasteiger partial charge in [-0.1, -0.05) is 18.2 Å². The molecule has 0 atom stereocenters. The fraction of sp³-hybridized carbons (Fsp3) is 0.188. The van der Waals surface area contributed by atoms with Crippen molar-refractivity contribution in [2.45, 2.75) is 20.1 Å². The average molecular weight is 335 g/mol. The SMILES string of the molecule is C/C(=N/NC(=O)Cn1ccccc1=O)c1cccc(OC(F)F)c1. The lowest BCUT2D eigenvalue weighted by Crippen LogP contribution is -2.29. The Hall–Kier alpha value is -3.03. The molecule has 1 amide bonds. The van der Waals surface area contributed by atoms with Crippen molar-refractivity contribution in [3.63, 3.8) is 0 Å². The number of nitrogens with one attached hydrogen (secondary N) is 1. The molecule has 0 aliphatic rings. The predicted molar refractivity (Wildman–Crippen MR) is 84.1 cm³/mol. The van der Waals surface area contributed by atoms with Crippen molar-refractivity contribution in [3.05, 3.63) is 64.6 Å². The minimum atomic E-state index is -2.92. The maximum absolute atomic E-state index is 12.2. The largest absolute Gasteiger partial charge is 0.435 e. The number of amides is 1. The summed E-state index contributed by atoms with van der Waals surface area (Å²) >= 11 is 0. The van der Waals surface area contributed by atoms with Gasteiger partial charge >= 0.3 is 6.61 Å². The Morgan fingerprint density at radius 1 is 1.29 bits per heavy atom. The van der Waals surface area contributed by atoms with Crippen LogP contribution in [0.5, 0.6) is 5.75 Å². The number of hydrogen-bond acceptors (Lipinski definition) is 4. The van der Waals surface area contributed by atoms with E-state index in [4.69, 9.17) is 0 Å². The van der Waals surface area contributed by atoms with Gasteiger partial charge in [0, 0.05) is 17.8 Å². The van der Waals surface area contributed by atoms with Crippen LogP contribution in [0.3, 0.4) is 0 Å². The molecule has 0 saturated carbocycles. The molecule has 1 heterocycles. The highest BCUT2D eigenvalue weighted by molar-refractivity contribution is 5.99. The van der Waals surface area contributed by atoms with E-state index in [1.54, 1.807) is 25.1 Å². The number of carbonyl (C=O) groups excluding carboxylic acids is 1. The fourth-order valence-electron chi connectivity index (χ4n) is 1.89. The van der Waals surface area contributed by atoms with Crippen molar-refractivity contribution in [3.8, 4) is 5.75 Å². The standard InChI is InChI=1S/C16H15F2N3O3/c1-11(12-5-4-6-13(9-12)24-16(17)18)19-20-14(22)10-21-8-3-2-7-15(21)23/h2-9,16H,10H2,1H3,(H,20,22)/b19-11-. The smallest absolute Gasteiger partial charge is 0.387 e. The third-order valence-corrected chi connectivity index (χ3v) is 3.04. The molecule has 126 valence electrons. The zero-order valence-corrected chi connectivity index (χ0v) is 12.8. The van der Waals surface area contributed by atoms with Crippen molar-refractivity contribution >= 4 is 11.6 Å². The molecule has 0 bridgehead atoms. The van der Waals surface area contributed by atoms with Crippen molar-refractivity contribution in [2.24, 2.45) is 5.10 Å². The number of nitrogens with zero attached hydrogens (tertiary/aromatic N) is 2. The van der Waals surface area contributed by atoms with E-state index in [1.807, 2.05) is 0 Å². The number of hydrazone groups is 1. The van der Waals surface area contributed by atoms with E-state index in [2.05, 4.69) is 15.3 Å². The number of rotatable bonds is 6. The summed E-state index contributed by atoms with van der Waals surface area (Å²) in [5.74, 6) is -0.484. The van der Waals surface area contributed by atoms with Crippen LogP contribution < -0.4 is 15.7 Å². The molecule has 1 aromatic carbocycles. The lowest BCUT2D eigenvalue weighted by molar-refractivity contribution is -0.121. The molecule has 0 saturated heterocycles. The van der Waals surface area contributed by atoms with E-state index in [1.165, 1.54) is 35.0 Å². The van der Waals surface area contributed by atoms with E-state index in [0.717, 1.165) is 0 Å². The van der Waals surface area contributed by atoms with Crippen molar-refractivity contribution < 1.29 is 18.3 Å². The van der Waals surface area contributed by atoms with Gasteiger partial charge in [-0.25, -0.2) is 5.43 Å². The maximum atomic E-state index is 12.2. The molecule has 0 fully saturated rings. The molecule has 0 spiro atoms. The third-order valence-electron chi connectivity index (χ3n) is 3.04. The number of pyridine rings is 1. The minimum absolute atomic E-state index is 0.000727. The lowest BCUT2D eigenvalue weighted by atomic mass is 10.1. The second-order valence-electron chi connectivity index (χ2n) is 4.81. The first-order chi connectivity index (χ1) is 11.5. The van der Waals surface area contributed by atoms with E-state index >= 15 is 0 Å². The van der Waals surface area contributed by atoms with Crippen LogP contribution in [0.1, 0.15) is 12.5 Å². The summed E-state index contributed by atoms with van der Waals surface area (Å²) in [4.78, 5) is 23.3. The average Bonchev–Trinajstić information content (AvgIpc) is 2.54. The second-order valence-corrected chi connectivity index (χ2v) is 4.81. The molecule has 8 heteroatoms. The van der Waals surface area contributed by atoms with Crippen molar-refractivity contribution in [1.82, 2.24) is 9.99 Å². The summed E-state index contributed by atoms with van der Waals surface area (Å²) < 4.78 is 30.0. The molecule has 2 aromatic rings. The molecule has 1 aromatic heterocycles. The molecule has 6 nitrogen and oxygen atoms in total. The van der Waals surface area contributed by atoms with Gasteiger partial charge in [-0.3, -0.25) is 9.59 Å². The van der Waals surface area contributed by atoms with Gasteiger partial charge in [0.05, 0.1) is 5.71 Å². The maximum Gasteiger partial charge on any atom is 0.387 e. The van der Waals surface area contributed by atoms with Gasteiger partial charge in [0.15, 0.2) is 0 Å². The topological polar surface area (TPSA) is 72.7 Å². The van der Waals surface area contributed by atoms with Gasteiger partial charge in [-0.15, -0.1) is 0 Å². The Kier molecular flexibility index (Phi) is 5.78. The van der Waals surface area contributed by atoms with Gasteiger partial charge in [-0.05, 0) is 25.1 Å². The summed E-state index contributed by atoms with van der Waals surface area (Å²) in [7, 11) is 0. The Labute approximate surface area is 136 Å². The van der Waals surface area contributed by atoms with Crippen LogP contribution in [0.4, 0.5) is 8.78 Å². The Morgan fingerprint density at radius 2 is 2.08 bits per heavy atom. The second kappa shape index (κ2) is 8.00. The predicted octanol–water partition coefficient (Wildman–Crippen LogP) is 1.99.